The van der Waals surface area contributed by atoms with Gasteiger partial charge in [0, 0.05) is 19.2 Å². The van der Waals surface area contributed by atoms with Crippen molar-refractivity contribution in [3.63, 3.8) is 0 Å². The Labute approximate surface area is 152 Å². The van der Waals surface area contributed by atoms with Gasteiger partial charge in [-0.3, -0.25) is 4.79 Å². The minimum absolute atomic E-state index is 0.110. The largest absolute Gasteiger partial charge is 0.497 e. The number of β-amino-alcohol motifs (C(OH)–C–C–N with tert-alkyl or cyclic N) is 1. The number of carbonyl (C=O) groups excluding carboxylic acids is 1. The van der Waals surface area contributed by atoms with Crippen LogP contribution >= 0.6 is 0 Å². The van der Waals surface area contributed by atoms with E-state index in [1.807, 2.05) is 19.1 Å². The summed E-state index contributed by atoms with van der Waals surface area (Å²) in [7, 11) is 1.59. The van der Waals surface area contributed by atoms with Crippen LogP contribution in [0.2, 0.25) is 0 Å². The molecule has 0 bridgehead atoms. The predicted molar refractivity (Wildman–Crippen MR) is 94.2 cm³/mol. The summed E-state index contributed by atoms with van der Waals surface area (Å²) in [5.74, 6) is 1.41. The topological polar surface area (TPSA) is 85.0 Å². The molecule has 1 fully saturated rings. The summed E-state index contributed by atoms with van der Waals surface area (Å²) in [6, 6.07) is 7.21. The number of hydrogen-bond acceptors (Lipinski definition) is 6. The lowest BCUT2D eigenvalue weighted by Crippen LogP contribution is -2.50. The Morgan fingerprint density at radius 2 is 2.23 bits per heavy atom. The lowest BCUT2D eigenvalue weighted by atomic mass is 9.90. The molecule has 1 amide bonds. The van der Waals surface area contributed by atoms with Crippen LogP contribution in [0, 0.1) is 0 Å². The number of nitrogens with zero attached hydrogens (tertiary/aromatic N) is 2. The molecular weight excluding hydrogens is 336 g/mol. The van der Waals surface area contributed by atoms with E-state index in [0.717, 1.165) is 6.42 Å². The van der Waals surface area contributed by atoms with Gasteiger partial charge in [0.25, 0.3) is 5.91 Å². The summed E-state index contributed by atoms with van der Waals surface area (Å²) in [6.07, 6.45) is 3.45. The van der Waals surface area contributed by atoms with Crippen LogP contribution in [0.5, 0.6) is 11.5 Å². The molecule has 0 saturated carbocycles. The lowest BCUT2D eigenvalue weighted by Gasteiger charge is -2.38. The normalized spacial score (nSPS) is 20.0. The summed E-state index contributed by atoms with van der Waals surface area (Å²) in [5, 5.41) is 10.4. The highest BCUT2D eigenvalue weighted by molar-refractivity contribution is 5.92. The van der Waals surface area contributed by atoms with Crippen LogP contribution in [0.15, 0.2) is 34.9 Å². The summed E-state index contributed by atoms with van der Waals surface area (Å²) in [4.78, 5) is 18.5. The molecule has 26 heavy (non-hydrogen) atoms. The van der Waals surface area contributed by atoms with Gasteiger partial charge in [0.15, 0.2) is 12.3 Å². The number of carbonyl (C=O) groups is 1. The van der Waals surface area contributed by atoms with Crippen molar-refractivity contribution in [2.45, 2.75) is 38.4 Å². The number of piperidine rings is 1. The molecule has 1 saturated heterocycles. The SMILES string of the molecule is CCC1(O)CCCN(C(=O)c2coc(COc3cccc(OC)c3)n2)C1. The average molecular weight is 360 g/mol. The minimum atomic E-state index is -0.810. The van der Waals surface area contributed by atoms with E-state index in [0.29, 0.717) is 43.3 Å². The molecule has 140 valence electrons. The number of methoxy groups -OCH3 is 1. The van der Waals surface area contributed by atoms with Crippen LogP contribution in [0.25, 0.3) is 0 Å². The summed E-state index contributed by atoms with van der Waals surface area (Å²) in [6.45, 7) is 2.98. The van der Waals surface area contributed by atoms with Gasteiger partial charge in [-0.2, -0.15) is 0 Å². The van der Waals surface area contributed by atoms with Crippen LogP contribution in [0.1, 0.15) is 42.6 Å². The number of benzene rings is 1. The first kappa shape index (κ1) is 18.3. The first-order chi connectivity index (χ1) is 12.5. The number of rotatable bonds is 6. The Kier molecular flexibility index (Phi) is 5.46. The molecule has 1 aromatic heterocycles. The molecule has 7 nitrogen and oxygen atoms in total. The fraction of sp³-hybridized carbons (Fsp3) is 0.474. The van der Waals surface area contributed by atoms with Gasteiger partial charge in [-0.1, -0.05) is 13.0 Å². The van der Waals surface area contributed by atoms with Crippen LogP contribution in [0.3, 0.4) is 0 Å². The van der Waals surface area contributed by atoms with Gasteiger partial charge < -0.3 is 23.9 Å². The standard InChI is InChI=1S/C19H24N2O5/c1-3-19(23)8-5-9-21(13-19)18(22)16-11-26-17(20-16)12-25-15-7-4-6-14(10-15)24-2/h4,6-7,10-11,23H,3,5,8-9,12-13H2,1-2H3. The number of aliphatic hydroxyl groups is 1. The van der Waals surface area contributed by atoms with Gasteiger partial charge in [-0.05, 0) is 31.4 Å². The molecule has 1 aliphatic heterocycles. The third-order valence-electron chi connectivity index (χ3n) is 4.68. The van der Waals surface area contributed by atoms with Crippen molar-refractivity contribution in [2.75, 3.05) is 20.2 Å². The van der Waals surface area contributed by atoms with Crippen molar-refractivity contribution in [3.8, 4) is 11.5 Å². The van der Waals surface area contributed by atoms with Crippen LogP contribution in [0.4, 0.5) is 0 Å². The third kappa shape index (κ3) is 4.16. The van der Waals surface area contributed by atoms with E-state index in [9.17, 15) is 9.90 Å². The number of amides is 1. The number of oxazole rings is 1. The Balaban J connectivity index is 1.61. The van der Waals surface area contributed by atoms with Crippen LogP contribution < -0.4 is 9.47 Å². The zero-order valence-electron chi connectivity index (χ0n) is 15.1. The Bertz CT molecular complexity index is 760. The van der Waals surface area contributed by atoms with Crippen molar-refractivity contribution in [1.29, 1.82) is 0 Å². The quantitative estimate of drug-likeness (QED) is 0.852. The highest BCUT2D eigenvalue weighted by Crippen LogP contribution is 2.25. The van der Waals surface area contributed by atoms with E-state index in [1.165, 1.54) is 6.26 Å². The van der Waals surface area contributed by atoms with Crippen molar-refractivity contribution < 1.29 is 23.8 Å². The molecule has 1 N–H and O–H groups in total. The fourth-order valence-corrected chi connectivity index (χ4v) is 3.05. The lowest BCUT2D eigenvalue weighted by molar-refractivity contribution is -0.0271. The van der Waals surface area contributed by atoms with E-state index in [-0.39, 0.29) is 18.2 Å². The van der Waals surface area contributed by atoms with E-state index in [1.54, 1.807) is 24.1 Å². The van der Waals surface area contributed by atoms with Gasteiger partial charge in [-0.25, -0.2) is 4.98 Å². The van der Waals surface area contributed by atoms with E-state index >= 15 is 0 Å². The number of hydrogen-bond donors (Lipinski definition) is 1. The van der Waals surface area contributed by atoms with Crippen molar-refractivity contribution in [3.05, 3.63) is 42.1 Å². The van der Waals surface area contributed by atoms with Gasteiger partial charge in [-0.15, -0.1) is 0 Å². The molecule has 7 heteroatoms. The molecule has 2 heterocycles. The molecule has 1 atom stereocenters. The second kappa shape index (κ2) is 7.78. The molecular formula is C19H24N2O5. The van der Waals surface area contributed by atoms with E-state index in [4.69, 9.17) is 13.9 Å². The Hall–Kier alpha value is -2.54. The third-order valence-corrected chi connectivity index (χ3v) is 4.68. The highest BCUT2D eigenvalue weighted by atomic mass is 16.5. The van der Waals surface area contributed by atoms with Gasteiger partial charge in [0.05, 0.1) is 12.7 Å². The zero-order chi connectivity index (χ0) is 18.6. The molecule has 0 radical (unpaired) electrons. The van der Waals surface area contributed by atoms with Crippen molar-refractivity contribution >= 4 is 5.91 Å². The summed E-state index contributed by atoms with van der Waals surface area (Å²) in [5.41, 5.74) is -0.578. The first-order valence-electron chi connectivity index (χ1n) is 8.76. The highest BCUT2D eigenvalue weighted by Gasteiger charge is 2.34. The number of aromatic nitrogens is 1. The van der Waals surface area contributed by atoms with Crippen molar-refractivity contribution in [2.24, 2.45) is 0 Å². The first-order valence-corrected chi connectivity index (χ1v) is 8.76. The Morgan fingerprint density at radius 3 is 3.00 bits per heavy atom. The molecule has 2 aromatic rings. The zero-order valence-corrected chi connectivity index (χ0v) is 15.1. The fourth-order valence-electron chi connectivity index (χ4n) is 3.05. The molecule has 0 aliphatic carbocycles. The van der Waals surface area contributed by atoms with Crippen molar-refractivity contribution in [1.82, 2.24) is 9.88 Å². The monoisotopic (exact) mass is 360 g/mol. The number of likely N-dealkylation sites (tertiary alicyclic amines) is 1. The van der Waals surface area contributed by atoms with Gasteiger partial charge in [0.2, 0.25) is 5.89 Å². The second-order valence-corrected chi connectivity index (χ2v) is 6.50. The van der Waals surface area contributed by atoms with Crippen LogP contribution in [-0.2, 0) is 6.61 Å². The van der Waals surface area contributed by atoms with E-state index in [2.05, 4.69) is 4.98 Å². The molecule has 0 spiro atoms. The van der Waals surface area contributed by atoms with Crippen LogP contribution in [-0.4, -0.2) is 46.7 Å². The summed E-state index contributed by atoms with van der Waals surface area (Å²) < 4.78 is 16.1. The van der Waals surface area contributed by atoms with Gasteiger partial charge in [0.1, 0.15) is 17.8 Å². The molecule has 1 aliphatic rings. The predicted octanol–water partition coefficient (Wildman–Crippen LogP) is 2.64. The average Bonchev–Trinajstić information content (AvgIpc) is 3.15. The number of ether oxygens (including phenoxy) is 2. The maximum Gasteiger partial charge on any atom is 0.275 e. The van der Waals surface area contributed by atoms with Gasteiger partial charge >= 0.3 is 0 Å². The maximum atomic E-state index is 12.6. The minimum Gasteiger partial charge on any atom is -0.497 e. The smallest absolute Gasteiger partial charge is 0.275 e. The molecule has 3 rings (SSSR count). The Morgan fingerprint density at radius 1 is 1.42 bits per heavy atom. The molecule has 1 aromatic carbocycles. The maximum absolute atomic E-state index is 12.6. The molecule has 1 unspecified atom stereocenters. The van der Waals surface area contributed by atoms with E-state index < -0.39 is 5.60 Å². The summed E-state index contributed by atoms with van der Waals surface area (Å²) >= 11 is 0. The second-order valence-electron chi connectivity index (χ2n) is 6.50.